The van der Waals surface area contributed by atoms with Crippen LogP contribution in [0.1, 0.15) is 17.0 Å². The number of hydrogen-bond donors (Lipinski definition) is 1. The molecule has 0 aliphatic rings. The van der Waals surface area contributed by atoms with Crippen molar-refractivity contribution < 1.29 is 22.9 Å². The summed E-state index contributed by atoms with van der Waals surface area (Å²) in [5.41, 5.74) is 2.47. The second-order valence-electron chi connectivity index (χ2n) is 6.91. The number of ether oxygens (including phenoxy) is 2. The normalized spacial score (nSPS) is 11.7. The molecule has 0 bridgehead atoms. The maximum atomic E-state index is 12.4. The van der Waals surface area contributed by atoms with E-state index in [-0.39, 0.29) is 17.4 Å². The molecule has 1 amide bonds. The van der Waals surface area contributed by atoms with E-state index in [1.807, 2.05) is 48.5 Å². The number of methoxy groups -OCH3 is 2. The molecule has 8 heteroatoms. The smallest absolute Gasteiger partial charge is 0.232 e. The van der Waals surface area contributed by atoms with Gasteiger partial charge in [0, 0.05) is 22.9 Å². The summed E-state index contributed by atoms with van der Waals surface area (Å²) in [4.78, 5) is 16.6. The van der Waals surface area contributed by atoms with E-state index in [1.54, 1.807) is 21.1 Å². The molecular weight excluding hydrogens is 416 g/mol. The molecule has 0 aliphatic heterocycles. The van der Waals surface area contributed by atoms with Crippen molar-refractivity contribution in [2.75, 3.05) is 26.5 Å². The maximum absolute atomic E-state index is 12.4. The molecular formula is C23H26N2O5S. The van der Waals surface area contributed by atoms with Crippen molar-refractivity contribution in [3.8, 4) is 23.0 Å². The van der Waals surface area contributed by atoms with Crippen LogP contribution in [0.25, 0.3) is 11.5 Å². The van der Waals surface area contributed by atoms with Crippen molar-refractivity contribution in [1.82, 2.24) is 10.3 Å². The third-order valence-corrected chi connectivity index (χ3v) is 5.87. The summed E-state index contributed by atoms with van der Waals surface area (Å²) in [6.07, 6.45) is 0.627. The van der Waals surface area contributed by atoms with E-state index in [0.29, 0.717) is 41.8 Å². The van der Waals surface area contributed by atoms with Crippen LogP contribution in [0.5, 0.6) is 11.5 Å². The summed E-state index contributed by atoms with van der Waals surface area (Å²) in [7, 11) is 1.78. The molecule has 0 saturated heterocycles. The Morgan fingerprint density at radius 1 is 1.10 bits per heavy atom. The number of benzene rings is 2. The number of hydrogen-bond acceptors (Lipinski definition) is 6. The van der Waals surface area contributed by atoms with Crippen molar-refractivity contribution >= 4 is 16.7 Å². The minimum atomic E-state index is -1.38. The Morgan fingerprint density at radius 3 is 2.55 bits per heavy atom. The van der Waals surface area contributed by atoms with Crippen LogP contribution >= 0.6 is 0 Å². The van der Waals surface area contributed by atoms with Crippen LogP contribution in [0.3, 0.4) is 0 Å². The van der Waals surface area contributed by atoms with Gasteiger partial charge in [-0.1, -0.05) is 24.3 Å². The molecule has 3 rings (SSSR count). The fourth-order valence-electron chi connectivity index (χ4n) is 3.05. The zero-order valence-corrected chi connectivity index (χ0v) is 18.7. The highest BCUT2D eigenvalue weighted by Gasteiger charge is 2.16. The first kappa shape index (κ1) is 22.6. The lowest BCUT2D eigenvalue weighted by Crippen LogP contribution is -2.30. The van der Waals surface area contributed by atoms with Crippen molar-refractivity contribution in [2.24, 2.45) is 0 Å². The molecule has 31 heavy (non-hydrogen) atoms. The molecule has 0 spiro atoms. The molecule has 1 aromatic heterocycles. The zero-order chi connectivity index (χ0) is 22.2. The van der Waals surface area contributed by atoms with E-state index >= 15 is 0 Å². The molecule has 0 aliphatic carbocycles. The molecule has 164 valence electrons. The van der Waals surface area contributed by atoms with Crippen molar-refractivity contribution in [2.45, 2.75) is 19.1 Å². The van der Waals surface area contributed by atoms with Crippen LogP contribution in [-0.4, -0.2) is 41.6 Å². The predicted molar refractivity (Wildman–Crippen MR) is 120 cm³/mol. The van der Waals surface area contributed by atoms with E-state index in [4.69, 9.17) is 13.9 Å². The van der Waals surface area contributed by atoms with E-state index < -0.39 is 10.8 Å². The molecule has 0 unspecified atom stereocenters. The van der Waals surface area contributed by atoms with Gasteiger partial charge in [0.2, 0.25) is 11.8 Å². The largest absolute Gasteiger partial charge is 0.493 e. The van der Waals surface area contributed by atoms with Gasteiger partial charge in [0.1, 0.15) is 11.5 Å². The SMILES string of the molecule is COc1ccc(CCNC(=O)C[S@@](=O)Cc2nc(-c3ccccc3)oc2C)cc1OC. The Morgan fingerprint density at radius 2 is 1.84 bits per heavy atom. The Hall–Kier alpha value is -3.13. The van der Waals surface area contributed by atoms with Gasteiger partial charge in [-0.05, 0) is 43.2 Å². The van der Waals surface area contributed by atoms with Gasteiger partial charge in [0.05, 0.1) is 25.7 Å². The molecule has 2 aromatic carbocycles. The van der Waals surface area contributed by atoms with E-state index in [1.165, 1.54) is 0 Å². The summed E-state index contributed by atoms with van der Waals surface area (Å²) in [6.45, 7) is 2.22. The number of amides is 1. The van der Waals surface area contributed by atoms with Gasteiger partial charge >= 0.3 is 0 Å². The van der Waals surface area contributed by atoms with Crippen LogP contribution in [0.4, 0.5) is 0 Å². The lowest BCUT2D eigenvalue weighted by Gasteiger charge is -2.10. The standard InChI is InChI=1S/C23H26N2O5S/c1-16-19(25-23(30-16)18-7-5-4-6-8-18)14-31(27)15-22(26)24-12-11-17-9-10-20(28-2)21(13-17)29-3/h4-10,13H,11-12,14-15H2,1-3H3,(H,24,26)/t31-/m0/s1. The fourth-order valence-corrected chi connectivity index (χ4v) is 4.12. The van der Waals surface area contributed by atoms with E-state index in [2.05, 4.69) is 10.3 Å². The summed E-state index contributed by atoms with van der Waals surface area (Å²) in [5.74, 6) is 2.23. The number of rotatable bonds is 10. The summed E-state index contributed by atoms with van der Waals surface area (Å²) in [5, 5.41) is 2.81. The number of aromatic nitrogens is 1. The van der Waals surface area contributed by atoms with E-state index in [9.17, 15) is 9.00 Å². The average Bonchev–Trinajstić information content (AvgIpc) is 3.14. The number of carbonyl (C=O) groups excluding carboxylic acids is 1. The Labute approximate surface area is 184 Å². The summed E-state index contributed by atoms with van der Waals surface area (Å²) < 4.78 is 28.6. The van der Waals surface area contributed by atoms with Crippen molar-refractivity contribution in [3.05, 3.63) is 65.5 Å². The molecule has 1 N–H and O–H groups in total. The van der Waals surface area contributed by atoms with Gasteiger partial charge in [-0.25, -0.2) is 4.98 Å². The Balaban J connectivity index is 1.48. The second-order valence-corrected chi connectivity index (χ2v) is 8.36. The fraction of sp³-hybridized carbons (Fsp3) is 0.304. The number of carbonyl (C=O) groups is 1. The number of aryl methyl sites for hydroxylation is 1. The van der Waals surface area contributed by atoms with Crippen LogP contribution < -0.4 is 14.8 Å². The zero-order valence-electron chi connectivity index (χ0n) is 17.8. The van der Waals surface area contributed by atoms with Gasteiger partial charge in [-0.2, -0.15) is 0 Å². The van der Waals surface area contributed by atoms with E-state index in [0.717, 1.165) is 11.1 Å². The van der Waals surface area contributed by atoms with Crippen molar-refractivity contribution in [1.29, 1.82) is 0 Å². The lowest BCUT2D eigenvalue weighted by atomic mass is 10.1. The van der Waals surface area contributed by atoms with Gasteiger partial charge in [-0.3, -0.25) is 9.00 Å². The third kappa shape index (κ3) is 6.18. The van der Waals surface area contributed by atoms with Gasteiger partial charge in [0.15, 0.2) is 11.5 Å². The molecule has 1 heterocycles. The minimum Gasteiger partial charge on any atom is -0.493 e. The number of nitrogens with zero attached hydrogens (tertiary/aromatic N) is 1. The Bertz CT molecular complexity index is 1050. The van der Waals surface area contributed by atoms with Crippen LogP contribution in [0.2, 0.25) is 0 Å². The van der Waals surface area contributed by atoms with Crippen LogP contribution in [-0.2, 0) is 27.8 Å². The van der Waals surface area contributed by atoms with Gasteiger partial charge in [-0.15, -0.1) is 0 Å². The first-order chi connectivity index (χ1) is 15.0. The minimum absolute atomic E-state index is 0.0844. The number of nitrogens with one attached hydrogen (secondary N) is 1. The first-order valence-corrected chi connectivity index (χ1v) is 11.3. The molecule has 3 aromatic rings. The lowest BCUT2D eigenvalue weighted by molar-refractivity contribution is -0.118. The maximum Gasteiger partial charge on any atom is 0.232 e. The summed E-state index contributed by atoms with van der Waals surface area (Å²) >= 11 is 0. The Kier molecular flexibility index (Phi) is 7.83. The van der Waals surface area contributed by atoms with Crippen LogP contribution in [0.15, 0.2) is 52.9 Å². The molecule has 7 nitrogen and oxygen atoms in total. The molecule has 0 fully saturated rings. The first-order valence-electron chi connectivity index (χ1n) is 9.84. The molecule has 0 radical (unpaired) electrons. The number of oxazole rings is 1. The highest BCUT2D eigenvalue weighted by molar-refractivity contribution is 7.84. The topological polar surface area (TPSA) is 90.7 Å². The average molecular weight is 443 g/mol. The van der Waals surface area contributed by atoms with Gasteiger partial charge < -0.3 is 19.2 Å². The third-order valence-electron chi connectivity index (χ3n) is 4.69. The monoisotopic (exact) mass is 442 g/mol. The highest BCUT2D eigenvalue weighted by Crippen LogP contribution is 2.27. The van der Waals surface area contributed by atoms with Crippen molar-refractivity contribution in [3.63, 3.8) is 0 Å². The highest BCUT2D eigenvalue weighted by atomic mass is 32.2. The summed E-state index contributed by atoms with van der Waals surface area (Å²) in [6, 6.07) is 15.1. The van der Waals surface area contributed by atoms with Crippen LogP contribution in [0, 0.1) is 6.92 Å². The quantitative estimate of drug-likeness (QED) is 0.518. The molecule has 0 saturated carbocycles. The van der Waals surface area contributed by atoms with Gasteiger partial charge in [0.25, 0.3) is 0 Å². The molecule has 1 atom stereocenters. The predicted octanol–water partition coefficient (Wildman–Crippen LogP) is 3.27. The second kappa shape index (κ2) is 10.8.